The summed E-state index contributed by atoms with van der Waals surface area (Å²) in [6.07, 6.45) is 0. The van der Waals surface area contributed by atoms with Crippen molar-refractivity contribution in [1.82, 2.24) is 0 Å². The summed E-state index contributed by atoms with van der Waals surface area (Å²) in [6, 6.07) is 11.8. The number of methoxy groups -OCH3 is 1. The van der Waals surface area contributed by atoms with Crippen LogP contribution in [0.4, 0.5) is 5.69 Å². The van der Waals surface area contributed by atoms with E-state index in [1.807, 2.05) is 19.1 Å². The summed E-state index contributed by atoms with van der Waals surface area (Å²) in [6.45, 7) is 1.85. The Morgan fingerprint density at radius 2 is 1.86 bits per heavy atom. The molecule has 4 nitrogen and oxygen atoms in total. The Labute approximate surface area is 127 Å². The van der Waals surface area contributed by atoms with Gasteiger partial charge in [-0.05, 0) is 36.8 Å². The van der Waals surface area contributed by atoms with E-state index in [4.69, 9.17) is 11.6 Å². The molecule has 0 saturated carbocycles. The van der Waals surface area contributed by atoms with Crippen LogP contribution in [0.5, 0.6) is 0 Å². The zero-order chi connectivity index (χ0) is 15.4. The molecule has 2 aromatic rings. The minimum atomic E-state index is -0.488. The van der Waals surface area contributed by atoms with Gasteiger partial charge in [0.25, 0.3) is 5.91 Å². The topological polar surface area (TPSA) is 55.4 Å². The van der Waals surface area contributed by atoms with E-state index in [1.165, 1.54) is 19.2 Å². The Balaban J connectivity index is 2.29. The van der Waals surface area contributed by atoms with Crippen LogP contribution < -0.4 is 5.32 Å². The molecule has 0 aliphatic heterocycles. The molecular weight excluding hydrogens is 290 g/mol. The van der Waals surface area contributed by atoms with Crippen LogP contribution in [0.3, 0.4) is 0 Å². The zero-order valence-electron chi connectivity index (χ0n) is 11.6. The molecule has 2 aromatic carbocycles. The molecular formula is C16H14ClNO3. The van der Waals surface area contributed by atoms with Crippen LogP contribution in [0.2, 0.25) is 5.02 Å². The minimum absolute atomic E-state index is 0.281. The Hall–Kier alpha value is -2.33. The number of carbonyl (C=O) groups excluding carboxylic acids is 2. The molecule has 0 fully saturated rings. The van der Waals surface area contributed by atoms with Crippen LogP contribution >= 0.6 is 11.6 Å². The average Bonchev–Trinajstić information content (AvgIpc) is 2.49. The number of amides is 1. The van der Waals surface area contributed by atoms with Crippen LogP contribution in [0.1, 0.15) is 26.3 Å². The van der Waals surface area contributed by atoms with E-state index in [0.29, 0.717) is 21.8 Å². The third kappa shape index (κ3) is 3.41. The maximum Gasteiger partial charge on any atom is 0.337 e. The van der Waals surface area contributed by atoms with Crippen molar-refractivity contribution in [2.24, 2.45) is 0 Å². The molecule has 0 spiro atoms. The second-order valence-corrected chi connectivity index (χ2v) is 4.86. The number of ether oxygens (including phenoxy) is 1. The highest BCUT2D eigenvalue weighted by Crippen LogP contribution is 2.24. The largest absolute Gasteiger partial charge is 0.465 e. The Morgan fingerprint density at radius 3 is 2.52 bits per heavy atom. The maximum atomic E-state index is 12.3. The third-order valence-corrected chi connectivity index (χ3v) is 3.35. The molecule has 1 amide bonds. The number of nitrogens with one attached hydrogen (secondary N) is 1. The molecule has 0 aliphatic rings. The maximum absolute atomic E-state index is 12.3. The van der Waals surface area contributed by atoms with Crippen molar-refractivity contribution in [2.75, 3.05) is 12.4 Å². The lowest BCUT2D eigenvalue weighted by Gasteiger charge is -2.10. The molecule has 0 aromatic heterocycles. The number of carbonyl (C=O) groups is 2. The van der Waals surface area contributed by atoms with Gasteiger partial charge in [0.2, 0.25) is 0 Å². The van der Waals surface area contributed by atoms with Gasteiger partial charge >= 0.3 is 5.97 Å². The molecule has 0 heterocycles. The van der Waals surface area contributed by atoms with E-state index < -0.39 is 5.97 Å². The van der Waals surface area contributed by atoms with Gasteiger partial charge in [-0.25, -0.2) is 4.79 Å². The van der Waals surface area contributed by atoms with Crippen molar-refractivity contribution >= 4 is 29.2 Å². The van der Waals surface area contributed by atoms with Crippen LogP contribution in [-0.2, 0) is 4.74 Å². The summed E-state index contributed by atoms with van der Waals surface area (Å²) >= 11 is 6.05. The van der Waals surface area contributed by atoms with E-state index >= 15 is 0 Å². The number of benzene rings is 2. The molecule has 0 saturated heterocycles. The van der Waals surface area contributed by atoms with Crippen LogP contribution in [0, 0.1) is 6.92 Å². The SMILES string of the molecule is COC(=O)c1ccc(Cl)c(NC(=O)c2ccccc2C)c1. The number of hydrogen-bond acceptors (Lipinski definition) is 3. The van der Waals surface area contributed by atoms with Gasteiger partial charge in [0.05, 0.1) is 23.4 Å². The zero-order valence-corrected chi connectivity index (χ0v) is 12.4. The van der Waals surface area contributed by atoms with Gasteiger partial charge in [-0.15, -0.1) is 0 Å². The number of hydrogen-bond donors (Lipinski definition) is 1. The molecule has 0 unspecified atom stereocenters. The molecule has 5 heteroatoms. The highest BCUT2D eigenvalue weighted by molar-refractivity contribution is 6.34. The van der Waals surface area contributed by atoms with Crippen molar-refractivity contribution in [3.8, 4) is 0 Å². The van der Waals surface area contributed by atoms with Crippen molar-refractivity contribution in [2.45, 2.75) is 6.92 Å². The number of aryl methyl sites for hydroxylation is 1. The summed E-state index contributed by atoms with van der Waals surface area (Å²) in [5, 5.41) is 3.06. The molecule has 21 heavy (non-hydrogen) atoms. The fourth-order valence-electron chi connectivity index (χ4n) is 1.88. The highest BCUT2D eigenvalue weighted by Gasteiger charge is 2.13. The monoisotopic (exact) mass is 303 g/mol. The first-order valence-corrected chi connectivity index (χ1v) is 6.65. The third-order valence-electron chi connectivity index (χ3n) is 3.03. The second kappa shape index (κ2) is 6.41. The molecule has 0 radical (unpaired) electrons. The van der Waals surface area contributed by atoms with Crippen molar-refractivity contribution in [3.63, 3.8) is 0 Å². The highest BCUT2D eigenvalue weighted by atomic mass is 35.5. The van der Waals surface area contributed by atoms with E-state index in [-0.39, 0.29) is 5.91 Å². The van der Waals surface area contributed by atoms with Gasteiger partial charge in [-0.3, -0.25) is 4.79 Å². The Morgan fingerprint density at radius 1 is 1.14 bits per heavy atom. The van der Waals surface area contributed by atoms with Gasteiger partial charge in [-0.1, -0.05) is 29.8 Å². The lowest BCUT2D eigenvalue weighted by atomic mass is 10.1. The van der Waals surface area contributed by atoms with Crippen LogP contribution in [0.25, 0.3) is 0 Å². The normalized spacial score (nSPS) is 10.0. The first-order valence-electron chi connectivity index (χ1n) is 6.27. The molecule has 2 rings (SSSR count). The quantitative estimate of drug-likeness (QED) is 0.880. The fraction of sp³-hybridized carbons (Fsp3) is 0.125. The van der Waals surface area contributed by atoms with E-state index in [1.54, 1.807) is 18.2 Å². The predicted molar refractivity (Wildman–Crippen MR) is 81.9 cm³/mol. The summed E-state index contributed by atoms with van der Waals surface area (Å²) in [5.74, 6) is -0.768. The smallest absolute Gasteiger partial charge is 0.337 e. The predicted octanol–water partition coefficient (Wildman–Crippen LogP) is 3.69. The van der Waals surface area contributed by atoms with Crippen molar-refractivity contribution < 1.29 is 14.3 Å². The molecule has 0 aliphatic carbocycles. The number of halogens is 1. The number of rotatable bonds is 3. The minimum Gasteiger partial charge on any atom is -0.465 e. The molecule has 1 N–H and O–H groups in total. The summed E-state index contributed by atoms with van der Waals surface area (Å²) in [4.78, 5) is 23.8. The van der Waals surface area contributed by atoms with E-state index in [9.17, 15) is 9.59 Å². The van der Waals surface area contributed by atoms with Gasteiger partial charge in [0, 0.05) is 5.56 Å². The van der Waals surface area contributed by atoms with Gasteiger partial charge in [0.1, 0.15) is 0 Å². The van der Waals surface area contributed by atoms with Gasteiger partial charge in [-0.2, -0.15) is 0 Å². The lowest BCUT2D eigenvalue weighted by Crippen LogP contribution is -2.14. The standard InChI is InChI=1S/C16H14ClNO3/c1-10-5-3-4-6-12(10)15(19)18-14-9-11(16(20)21-2)7-8-13(14)17/h3-9H,1-2H3,(H,18,19). The molecule has 0 atom stereocenters. The summed E-state index contributed by atoms with van der Waals surface area (Å²) in [5.41, 5.74) is 2.10. The molecule has 0 bridgehead atoms. The number of esters is 1. The Bertz CT molecular complexity index is 698. The summed E-state index contributed by atoms with van der Waals surface area (Å²) in [7, 11) is 1.29. The van der Waals surface area contributed by atoms with Crippen LogP contribution in [-0.4, -0.2) is 19.0 Å². The van der Waals surface area contributed by atoms with Crippen molar-refractivity contribution in [3.05, 3.63) is 64.2 Å². The van der Waals surface area contributed by atoms with E-state index in [2.05, 4.69) is 10.1 Å². The average molecular weight is 304 g/mol. The number of anilines is 1. The van der Waals surface area contributed by atoms with Gasteiger partial charge < -0.3 is 10.1 Å². The molecule has 108 valence electrons. The van der Waals surface area contributed by atoms with Crippen molar-refractivity contribution in [1.29, 1.82) is 0 Å². The van der Waals surface area contributed by atoms with Crippen LogP contribution in [0.15, 0.2) is 42.5 Å². The first-order chi connectivity index (χ1) is 10.0. The van der Waals surface area contributed by atoms with E-state index in [0.717, 1.165) is 5.56 Å². The van der Waals surface area contributed by atoms with Gasteiger partial charge in [0.15, 0.2) is 0 Å². The fourth-order valence-corrected chi connectivity index (χ4v) is 2.05. The lowest BCUT2D eigenvalue weighted by molar-refractivity contribution is 0.0600. The summed E-state index contributed by atoms with van der Waals surface area (Å²) < 4.78 is 4.65. The Kier molecular flexibility index (Phi) is 4.60. The first kappa shape index (κ1) is 15.1. The second-order valence-electron chi connectivity index (χ2n) is 4.46.